The summed E-state index contributed by atoms with van der Waals surface area (Å²) in [4.78, 5) is 0. The summed E-state index contributed by atoms with van der Waals surface area (Å²) >= 11 is 0. The van der Waals surface area contributed by atoms with Crippen molar-refractivity contribution in [1.82, 2.24) is 10.6 Å². The third-order valence-corrected chi connectivity index (χ3v) is 3.00. The molecule has 2 N–H and O–H groups in total. The molecule has 1 rings (SSSR count). The van der Waals surface area contributed by atoms with E-state index in [4.69, 9.17) is 14.2 Å². The Labute approximate surface area is 121 Å². The zero-order chi connectivity index (χ0) is 14.8. The Morgan fingerprint density at radius 3 is 2.25 bits per heavy atom. The van der Waals surface area contributed by atoms with Crippen molar-refractivity contribution in [3.05, 3.63) is 23.8 Å². The zero-order valence-electron chi connectivity index (χ0n) is 12.9. The van der Waals surface area contributed by atoms with Gasteiger partial charge < -0.3 is 24.8 Å². The zero-order valence-corrected chi connectivity index (χ0v) is 12.9. The Kier molecular flexibility index (Phi) is 8.02. The second kappa shape index (κ2) is 9.58. The molecular formula is C15H26N2O3. The Bertz CT molecular complexity index is 363. The maximum absolute atomic E-state index is 5.26. The average Bonchev–Trinajstić information content (AvgIpc) is 2.49. The molecule has 0 amide bonds. The quantitative estimate of drug-likeness (QED) is 0.636. The molecule has 1 aromatic rings. The van der Waals surface area contributed by atoms with Gasteiger partial charge in [0.15, 0.2) is 0 Å². The molecule has 1 unspecified atom stereocenters. The van der Waals surface area contributed by atoms with Gasteiger partial charge in [-0.3, -0.25) is 0 Å². The topological polar surface area (TPSA) is 51.8 Å². The minimum atomic E-state index is 0.379. The Morgan fingerprint density at radius 1 is 1.05 bits per heavy atom. The highest BCUT2D eigenvalue weighted by Crippen LogP contribution is 2.22. The molecule has 0 heterocycles. The molecule has 0 spiro atoms. The maximum atomic E-state index is 5.26. The van der Waals surface area contributed by atoms with Crippen LogP contribution in [0.2, 0.25) is 0 Å². The first-order valence-electron chi connectivity index (χ1n) is 6.84. The summed E-state index contributed by atoms with van der Waals surface area (Å²) in [7, 11) is 5.03. The van der Waals surface area contributed by atoms with Gasteiger partial charge in [0.25, 0.3) is 0 Å². The number of hydrogen-bond donors (Lipinski definition) is 2. The number of ether oxygens (including phenoxy) is 3. The lowest BCUT2D eigenvalue weighted by Gasteiger charge is -2.15. The van der Waals surface area contributed by atoms with Crippen LogP contribution in [0.4, 0.5) is 0 Å². The van der Waals surface area contributed by atoms with Gasteiger partial charge in [-0.15, -0.1) is 0 Å². The Hall–Kier alpha value is -1.30. The maximum Gasteiger partial charge on any atom is 0.122 e. The van der Waals surface area contributed by atoms with Gasteiger partial charge in [0.05, 0.1) is 20.8 Å². The fourth-order valence-corrected chi connectivity index (χ4v) is 1.83. The van der Waals surface area contributed by atoms with Crippen LogP contribution in [0.25, 0.3) is 0 Å². The molecule has 0 aromatic heterocycles. The van der Waals surface area contributed by atoms with E-state index in [9.17, 15) is 0 Å². The van der Waals surface area contributed by atoms with Crippen LogP contribution in [-0.2, 0) is 11.3 Å². The van der Waals surface area contributed by atoms with Crippen molar-refractivity contribution in [1.29, 1.82) is 0 Å². The van der Waals surface area contributed by atoms with E-state index in [1.54, 1.807) is 21.3 Å². The van der Waals surface area contributed by atoms with Crippen LogP contribution in [0.1, 0.15) is 12.5 Å². The van der Waals surface area contributed by atoms with E-state index in [0.29, 0.717) is 6.04 Å². The van der Waals surface area contributed by atoms with Crippen LogP contribution in [0.15, 0.2) is 18.2 Å². The second-order valence-electron chi connectivity index (χ2n) is 4.70. The molecule has 0 saturated heterocycles. The number of benzene rings is 1. The van der Waals surface area contributed by atoms with Gasteiger partial charge in [0, 0.05) is 38.9 Å². The van der Waals surface area contributed by atoms with Crippen LogP contribution >= 0.6 is 0 Å². The van der Waals surface area contributed by atoms with Gasteiger partial charge in [0.2, 0.25) is 0 Å². The molecule has 0 radical (unpaired) electrons. The van der Waals surface area contributed by atoms with E-state index < -0.39 is 0 Å². The molecule has 114 valence electrons. The van der Waals surface area contributed by atoms with Gasteiger partial charge in [0.1, 0.15) is 11.5 Å². The molecule has 5 nitrogen and oxygen atoms in total. The first-order valence-corrected chi connectivity index (χ1v) is 6.84. The number of nitrogens with one attached hydrogen (secondary N) is 2. The molecule has 0 aliphatic rings. The van der Waals surface area contributed by atoms with Gasteiger partial charge in [-0.25, -0.2) is 0 Å². The SMILES string of the molecule is COCCNCC(C)NCc1cc(OC)cc(OC)c1. The number of methoxy groups -OCH3 is 3. The van der Waals surface area contributed by atoms with Gasteiger partial charge in [-0.05, 0) is 24.6 Å². The first kappa shape index (κ1) is 16.8. The summed E-state index contributed by atoms with van der Waals surface area (Å²) in [6.45, 7) is 5.44. The predicted molar refractivity (Wildman–Crippen MR) is 80.6 cm³/mol. The van der Waals surface area contributed by atoms with Crippen LogP contribution in [0, 0.1) is 0 Å². The summed E-state index contributed by atoms with van der Waals surface area (Å²) in [6.07, 6.45) is 0. The predicted octanol–water partition coefficient (Wildman–Crippen LogP) is 1.42. The fraction of sp³-hybridized carbons (Fsp3) is 0.600. The van der Waals surface area contributed by atoms with Crippen molar-refractivity contribution in [2.24, 2.45) is 0 Å². The third kappa shape index (κ3) is 6.23. The minimum Gasteiger partial charge on any atom is -0.497 e. The molecule has 0 bridgehead atoms. The Balaban J connectivity index is 2.40. The van der Waals surface area contributed by atoms with Crippen LogP contribution in [-0.4, -0.2) is 47.1 Å². The van der Waals surface area contributed by atoms with Gasteiger partial charge in [-0.1, -0.05) is 0 Å². The van der Waals surface area contributed by atoms with Crippen molar-refractivity contribution < 1.29 is 14.2 Å². The van der Waals surface area contributed by atoms with Crippen LogP contribution in [0.3, 0.4) is 0 Å². The minimum absolute atomic E-state index is 0.379. The van der Waals surface area contributed by atoms with Crippen LogP contribution in [0.5, 0.6) is 11.5 Å². The lowest BCUT2D eigenvalue weighted by atomic mass is 10.2. The molecular weight excluding hydrogens is 256 g/mol. The molecule has 1 aromatic carbocycles. The lowest BCUT2D eigenvalue weighted by Crippen LogP contribution is -2.37. The molecule has 1 atom stereocenters. The number of rotatable bonds is 10. The highest BCUT2D eigenvalue weighted by Gasteiger charge is 2.04. The van der Waals surface area contributed by atoms with Crippen molar-refractivity contribution in [2.75, 3.05) is 41.0 Å². The average molecular weight is 282 g/mol. The fourth-order valence-electron chi connectivity index (χ4n) is 1.83. The van der Waals surface area contributed by atoms with Gasteiger partial charge in [-0.2, -0.15) is 0 Å². The summed E-state index contributed by atoms with van der Waals surface area (Å²) < 4.78 is 15.5. The molecule has 0 saturated carbocycles. The molecule has 20 heavy (non-hydrogen) atoms. The lowest BCUT2D eigenvalue weighted by molar-refractivity contribution is 0.198. The molecule has 0 aliphatic carbocycles. The van der Waals surface area contributed by atoms with Crippen molar-refractivity contribution >= 4 is 0 Å². The van der Waals surface area contributed by atoms with E-state index in [-0.39, 0.29) is 0 Å². The van der Waals surface area contributed by atoms with Crippen LogP contribution < -0.4 is 20.1 Å². The number of hydrogen-bond acceptors (Lipinski definition) is 5. The summed E-state index contributed by atoms with van der Waals surface area (Å²) in [5, 5.41) is 6.79. The van der Waals surface area contributed by atoms with E-state index in [1.165, 1.54) is 0 Å². The normalized spacial score (nSPS) is 12.2. The van der Waals surface area contributed by atoms with Crippen molar-refractivity contribution in [2.45, 2.75) is 19.5 Å². The molecule has 5 heteroatoms. The van der Waals surface area contributed by atoms with E-state index in [0.717, 1.165) is 43.3 Å². The highest BCUT2D eigenvalue weighted by molar-refractivity contribution is 5.38. The van der Waals surface area contributed by atoms with E-state index in [2.05, 4.69) is 17.6 Å². The van der Waals surface area contributed by atoms with E-state index in [1.807, 2.05) is 18.2 Å². The van der Waals surface area contributed by atoms with Crippen molar-refractivity contribution in [3.8, 4) is 11.5 Å². The monoisotopic (exact) mass is 282 g/mol. The molecule has 0 fully saturated rings. The highest BCUT2D eigenvalue weighted by atomic mass is 16.5. The summed E-state index contributed by atoms with van der Waals surface area (Å²) in [6, 6.07) is 6.28. The third-order valence-electron chi connectivity index (χ3n) is 3.00. The van der Waals surface area contributed by atoms with E-state index >= 15 is 0 Å². The Morgan fingerprint density at radius 2 is 1.70 bits per heavy atom. The van der Waals surface area contributed by atoms with Crippen molar-refractivity contribution in [3.63, 3.8) is 0 Å². The first-order chi connectivity index (χ1) is 9.69. The smallest absolute Gasteiger partial charge is 0.122 e. The second-order valence-corrected chi connectivity index (χ2v) is 4.70. The van der Waals surface area contributed by atoms with Gasteiger partial charge >= 0.3 is 0 Å². The summed E-state index contributed by atoms with van der Waals surface area (Å²) in [5.41, 5.74) is 1.14. The summed E-state index contributed by atoms with van der Waals surface area (Å²) in [5.74, 6) is 1.62. The largest absolute Gasteiger partial charge is 0.497 e. The standard InChI is InChI=1S/C15H26N2O3/c1-12(10-16-5-6-18-2)17-11-13-7-14(19-3)9-15(8-13)20-4/h7-9,12,16-17H,5-6,10-11H2,1-4H3. The molecule has 0 aliphatic heterocycles.